The second-order valence-electron chi connectivity index (χ2n) is 4.45. The number of hydrogen-bond acceptors (Lipinski definition) is 3. The number of hydrogen-bond donors (Lipinski definition) is 0. The number of nitrogens with zero attached hydrogens (tertiary/aromatic N) is 2. The molecule has 1 atom stereocenters. The molecule has 0 spiro atoms. The molecule has 106 valence electrons. The van der Waals surface area contributed by atoms with Gasteiger partial charge in [0.05, 0.1) is 10.7 Å². The standard InChI is InChI=1S/C15H17BrN2O2/c1-3-9-18-13(12(16)10-17-18)14(19)15(20-2)11-7-5-4-6-8-11/h4-8,10,15H,3,9H2,1-2H3. The van der Waals surface area contributed by atoms with Crippen LogP contribution in [0.3, 0.4) is 0 Å². The summed E-state index contributed by atoms with van der Waals surface area (Å²) in [4.78, 5) is 12.7. The van der Waals surface area contributed by atoms with Crippen molar-refractivity contribution in [1.82, 2.24) is 9.78 Å². The highest BCUT2D eigenvalue weighted by Gasteiger charge is 2.26. The van der Waals surface area contributed by atoms with Crippen molar-refractivity contribution in [2.45, 2.75) is 26.0 Å². The van der Waals surface area contributed by atoms with Crippen LogP contribution in [0.2, 0.25) is 0 Å². The van der Waals surface area contributed by atoms with E-state index >= 15 is 0 Å². The van der Waals surface area contributed by atoms with Crippen LogP contribution in [0, 0.1) is 0 Å². The molecule has 1 aromatic carbocycles. The van der Waals surface area contributed by atoms with Crippen molar-refractivity contribution in [2.24, 2.45) is 0 Å². The van der Waals surface area contributed by atoms with E-state index in [1.165, 1.54) is 0 Å². The van der Waals surface area contributed by atoms with Crippen molar-refractivity contribution in [3.63, 3.8) is 0 Å². The van der Waals surface area contributed by atoms with Gasteiger partial charge in [0.1, 0.15) is 11.8 Å². The lowest BCUT2D eigenvalue weighted by Gasteiger charge is -2.15. The summed E-state index contributed by atoms with van der Waals surface area (Å²) in [6.45, 7) is 2.76. The third kappa shape index (κ3) is 2.99. The number of Topliss-reactive ketones (excluding diaryl/α,β-unsaturated/α-hetero) is 1. The van der Waals surface area contributed by atoms with Crippen LogP contribution >= 0.6 is 15.9 Å². The Morgan fingerprint density at radius 1 is 1.40 bits per heavy atom. The highest BCUT2D eigenvalue weighted by molar-refractivity contribution is 9.10. The molecule has 0 amide bonds. The zero-order valence-corrected chi connectivity index (χ0v) is 13.1. The fourth-order valence-corrected chi connectivity index (χ4v) is 2.63. The van der Waals surface area contributed by atoms with Gasteiger partial charge in [0.25, 0.3) is 0 Å². The van der Waals surface area contributed by atoms with Crippen LogP contribution in [0.25, 0.3) is 0 Å². The van der Waals surface area contributed by atoms with E-state index < -0.39 is 6.10 Å². The number of aryl methyl sites for hydroxylation is 1. The number of rotatable bonds is 6. The molecule has 1 unspecified atom stereocenters. The largest absolute Gasteiger partial charge is 0.368 e. The Hall–Kier alpha value is -1.46. The third-order valence-electron chi connectivity index (χ3n) is 3.04. The van der Waals surface area contributed by atoms with Crippen molar-refractivity contribution in [1.29, 1.82) is 0 Å². The Kier molecular flexibility index (Phi) is 5.09. The van der Waals surface area contributed by atoms with Gasteiger partial charge in [-0.2, -0.15) is 5.10 Å². The van der Waals surface area contributed by atoms with Crippen LogP contribution < -0.4 is 0 Å². The van der Waals surface area contributed by atoms with E-state index in [2.05, 4.69) is 28.0 Å². The number of benzene rings is 1. The monoisotopic (exact) mass is 336 g/mol. The molecule has 0 fully saturated rings. The molecular weight excluding hydrogens is 320 g/mol. The smallest absolute Gasteiger partial charge is 0.215 e. The summed E-state index contributed by atoms with van der Waals surface area (Å²) in [5, 5.41) is 4.23. The number of halogens is 1. The molecule has 1 aromatic heterocycles. The molecule has 0 aliphatic heterocycles. The summed E-state index contributed by atoms with van der Waals surface area (Å²) in [6, 6.07) is 9.49. The fourth-order valence-electron chi connectivity index (χ4n) is 2.14. The minimum atomic E-state index is -0.611. The first-order valence-electron chi connectivity index (χ1n) is 6.52. The van der Waals surface area contributed by atoms with E-state index in [1.54, 1.807) is 18.0 Å². The first-order valence-corrected chi connectivity index (χ1v) is 7.31. The van der Waals surface area contributed by atoms with E-state index in [9.17, 15) is 4.79 Å². The van der Waals surface area contributed by atoms with Gasteiger partial charge >= 0.3 is 0 Å². The first kappa shape index (κ1) is 14.9. The molecule has 1 heterocycles. The molecule has 0 N–H and O–H groups in total. The van der Waals surface area contributed by atoms with E-state index in [4.69, 9.17) is 4.74 Å². The Labute approximate surface area is 126 Å². The van der Waals surface area contributed by atoms with Crippen molar-refractivity contribution in [3.8, 4) is 0 Å². The van der Waals surface area contributed by atoms with Gasteiger partial charge in [0, 0.05) is 13.7 Å². The molecular formula is C15H17BrN2O2. The lowest BCUT2D eigenvalue weighted by atomic mass is 10.0. The van der Waals surface area contributed by atoms with E-state index in [-0.39, 0.29) is 5.78 Å². The van der Waals surface area contributed by atoms with Gasteiger partial charge < -0.3 is 4.74 Å². The first-order chi connectivity index (χ1) is 9.69. The second-order valence-corrected chi connectivity index (χ2v) is 5.31. The molecule has 2 rings (SSSR count). The average Bonchev–Trinajstić information content (AvgIpc) is 2.82. The van der Waals surface area contributed by atoms with Gasteiger partial charge in [-0.1, -0.05) is 37.3 Å². The minimum absolute atomic E-state index is 0.0866. The van der Waals surface area contributed by atoms with Crippen LogP contribution in [0.1, 0.15) is 35.5 Å². The number of ketones is 1. The molecule has 0 radical (unpaired) electrons. The third-order valence-corrected chi connectivity index (χ3v) is 3.62. The zero-order chi connectivity index (χ0) is 14.5. The number of carbonyl (C=O) groups excluding carboxylic acids is 1. The SMILES string of the molecule is CCCn1ncc(Br)c1C(=O)C(OC)c1ccccc1. The van der Waals surface area contributed by atoms with Gasteiger partial charge in [0.15, 0.2) is 0 Å². The zero-order valence-electron chi connectivity index (χ0n) is 11.5. The van der Waals surface area contributed by atoms with E-state index in [0.29, 0.717) is 16.7 Å². The molecule has 5 heteroatoms. The van der Waals surface area contributed by atoms with Crippen molar-refractivity contribution < 1.29 is 9.53 Å². The maximum Gasteiger partial charge on any atom is 0.215 e. The number of carbonyl (C=O) groups is 1. The van der Waals surface area contributed by atoms with Crippen molar-refractivity contribution in [3.05, 3.63) is 52.3 Å². The summed E-state index contributed by atoms with van der Waals surface area (Å²) >= 11 is 3.40. The molecule has 0 aliphatic carbocycles. The van der Waals surface area contributed by atoms with Gasteiger partial charge in [-0.15, -0.1) is 0 Å². The van der Waals surface area contributed by atoms with E-state index in [0.717, 1.165) is 12.0 Å². The Morgan fingerprint density at radius 3 is 2.70 bits per heavy atom. The average molecular weight is 337 g/mol. The second kappa shape index (κ2) is 6.81. The molecule has 4 nitrogen and oxygen atoms in total. The normalized spacial score (nSPS) is 12.3. The lowest BCUT2D eigenvalue weighted by molar-refractivity contribution is 0.0592. The van der Waals surface area contributed by atoms with Gasteiger partial charge in [-0.25, -0.2) is 0 Å². The van der Waals surface area contributed by atoms with Crippen LogP contribution in [-0.2, 0) is 11.3 Å². The van der Waals surface area contributed by atoms with Crippen LogP contribution in [-0.4, -0.2) is 22.7 Å². The highest BCUT2D eigenvalue weighted by atomic mass is 79.9. The summed E-state index contributed by atoms with van der Waals surface area (Å²) in [5.74, 6) is -0.0866. The van der Waals surface area contributed by atoms with Gasteiger partial charge in [-0.3, -0.25) is 9.48 Å². The van der Waals surface area contributed by atoms with Crippen molar-refractivity contribution >= 4 is 21.7 Å². The number of aromatic nitrogens is 2. The fraction of sp³-hybridized carbons (Fsp3) is 0.333. The summed E-state index contributed by atoms with van der Waals surface area (Å²) in [6.07, 6.45) is 1.96. The predicted octanol–water partition coefficient (Wildman–Crippen LogP) is 3.63. The minimum Gasteiger partial charge on any atom is -0.368 e. The molecule has 20 heavy (non-hydrogen) atoms. The Bertz CT molecular complexity index is 581. The topological polar surface area (TPSA) is 44.1 Å². The number of ether oxygens (including phenoxy) is 1. The number of methoxy groups -OCH3 is 1. The van der Waals surface area contributed by atoms with Crippen LogP contribution in [0.15, 0.2) is 41.0 Å². The van der Waals surface area contributed by atoms with Crippen LogP contribution in [0.5, 0.6) is 0 Å². The molecule has 0 saturated carbocycles. The Balaban J connectivity index is 2.36. The predicted molar refractivity (Wildman–Crippen MR) is 80.7 cm³/mol. The maximum atomic E-state index is 12.7. The molecule has 0 bridgehead atoms. The molecule has 2 aromatic rings. The molecule has 0 aliphatic rings. The lowest BCUT2D eigenvalue weighted by Crippen LogP contribution is -2.19. The Morgan fingerprint density at radius 2 is 2.10 bits per heavy atom. The van der Waals surface area contributed by atoms with Crippen LogP contribution in [0.4, 0.5) is 0 Å². The van der Waals surface area contributed by atoms with Gasteiger partial charge in [-0.05, 0) is 27.9 Å². The quantitative estimate of drug-likeness (QED) is 0.756. The molecule has 0 saturated heterocycles. The van der Waals surface area contributed by atoms with Crippen molar-refractivity contribution in [2.75, 3.05) is 7.11 Å². The van der Waals surface area contributed by atoms with Gasteiger partial charge in [0.2, 0.25) is 5.78 Å². The maximum absolute atomic E-state index is 12.7. The highest BCUT2D eigenvalue weighted by Crippen LogP contribution is 2.26. The summed E-state index contributed by atoms with van der Waals surface area (Å²) in [5.41, 5.74) is 1.40. The summed E-state index contributed by atoms with van der Waals surface area (Å²) in [7, 11) is 1.55. The summed E-state index contributed by atoms with van der Waals surface area (Å²) < 4.78 is 7.82. The van der Waals surface area contributed by atoms with E-state index in [1.807, 2.05) is 30.3 Å².